The third-order valence-electron chi connectivity index (χ3n) is 6.12. The van der Waals surface area contributed by atoms with E-state index in [2.05, 4.69) is 42.7 Å². The Morgan fingerprint density at radius 2 is 1.26 bits per heavy atom. The number of imidazole rings is 2. The van der Waals surface area contributed by atoms with Crippen LogP contribution in [0.1, 0.15) is 61.1 Å². The molecule has 0 radical (unpaired) electrons. The lowest BCUT2D eigenvalue weighted by atomic mass is 10.3. The molecule has 5 aromatic heterocycles. The highest BCUT2D eigenvalue weighted by atomic mass is 35.5. The Labute approximate surface area is 253 Å². The fourth-order valence-electron chi connectivity index (χ4n) is 4.01. The minimum absolute atomic E-state index is 0.103. The van der Waals surface area contributed by atoms with Crippen molar-refractivity contribution < 1.29 is 9.59 Å². The zero-order valence-corrected chi connectivity index (χ0v) is 24.5. The molecular formula is C31H26ClN9O2. The molecule has 0 saturated heterocycles. The molecular weight excluding hydrogens is 566 g/mol. The van der Waals surface area contributed by atoms with E-state index in [0.717, 1.165) is 11.4 Å². The van der Waals surface area contributed by atoms with Gasteiger partial charge in [0.15, 0.2) is 0 Å². The van der Waals surface area contributed by atoms with Crippen LogP contribution < -0.4 is 11.5 Å². The number of rotatable bonds is 4. The van der Waals surface area contributed by atoms with Crippen LogP contribution in [0.4, 0.5) is 0 Å². The van der Waals surface area contributed by atoms with Crippen molar-refractivity contribution in [1.82, 2.24) is 34.1 Å². The van der Waals surface area contributed by atoms with Gasteiger partial charge in [0.2, 0.25) is 11.6 Å². The predicted molar refractivity (Wildman–Crippen MR) is 162 cm³/mol. The topological polar surface area (TPSA) is 160 Å². The molecule has 5 rings (SSSR count). The summed E-state index contributed by atoms with van der Waals surface area (Å²) in [6, 6.07) is 12.5. The van der Waals surface area contributed by atoms with Gasteiger partial charge in [0, 0.05) is 11.4 Å². The van der Waals surface area contributed by atoms with Crippen molar-refractivity contribution in [1.29, 1.82) is 0 Å². The third kappa shape index (κ3) is 6.76. The van der Waals surface area contributed by atoms with Crippen LogP contribution in [0.15, 0.2) is 54.9 Å². The zero-order chi connectivity index (χ0) is 31.3. The second-order valence-electron chi connectivity index (χ2n) is 9.19. The molecule has 5 aromatic rings. The highest BCUT2D eigenvalue weighted by molar-refractivity contribution is 6.29. The number of hydrogen-bond acceptors (Lipinski definition) is 7. The number of pyridine rings is 3. The summed E-state index contributed by atoms with van der Waals surface area (Å²) < 4.78 is 3.26. The van der Waals surface area contributed by atoms with Crippen LogP contribution in [-0.2, 0) is 0 Å². The number of nitrogens with two attached hydrogens (primary N) is 2. The van der Waals surface area contributed by atoms with Crippen molar-refractivity contribution in [2.75, 3.05) is 0 Å². The Morgan fingerprint density at radius 1 is 0.744 bits per heavy atom. The van der Waals surface area contributed by atoms with E-state index < -0.39 is 11.8 Å². The Hall–Kier alpha value is -5.78. The Kier molecular flexibility index (Phi) is 8.99. The smallest absolute Gasteiger partial charge is 0.285 e. The normalized spacial score (nSPS) is 10.1. The molecule has 0 aliphatic carbocycles. The van der Waals surface area contributed by atoms with Gasteiger partial charge in [0.05, 0.1) is 35.2 Å². The van der Waals surface area contributed by atoms with Crippen LogP contribution in [0.2, 0.25) is 5.15 Å². The number of nitrogens with zero attached hydrogens (tertiary/aromatic N) is 7. The minimum Gasteiger partial charge on any atom is -0.363 e. The summed E-state index contributed by atoms with van der Waals surface area (Å²) in [5, 5.41) is 0.359. The molecule has 4 N–H and O–H groups in total. The molecule has 0 atom stereocenters. The molecule has 11 nitrogen and oxygen atoms in total. The molecule has 0 aliphatic heterocycles. The number of terminal acetylenes is 1. The van der Waals surface area contributed by atoms with Gasteiger partial charge in [-0.05, 0) is 81.9 Å². The molecule has 0 unspecified atom stereocenters. The average molecular weight is 592 g/mol. The quantitative estimate of drug-likeness (QED) is 0.239. The van der Waals surface area contributed by atoms with Crippen molar-refractivity contribution >= 4 is 23.4 Å². The van der Waals surface area contributed by atoms with E-state index in [1.807, 2.05) is 45.0 Å². The first-order valence-corrected chi connectivity index (χ1v) is 13.1. The van der Waals surface area contributed by atoms with Crippen LogP contribution >= 0.6 is 11.6 Å². The average Bonchev–Trinajstić information content (AvgIpc) is 3.50. The first-order valence-electron chi connectivity index (χ1n) is 12.8. The standard InChI is InChI=1S/C18H14ClN5O.C13H12N4O/c1-11-6-8-14(10-21-11)24-12(2)15(23-18(24)17(20)25)9-7-13-4-3-5-16(19)22-13;1-4-11-9(3)17(13(16-11)12(14)18)10-6-5-8(2)15-7-10/h3-6,8,10H,1-2H3,(H2,20,25);1,5-7H,2-3H3,(H2,14,18). The van der Waals surface area contributed by atoms with Gasteiger partial charge in [0.1, 0.15) is 22.2 Å². The molecule has 43 heavy (non-hydrogen) atoms. The molecule has 12 heteroatoms. The maximum atomic E-state index is 11.8. The zero-order valence-electron chi connectivity index (χ0n) is 23.8. The predicted octanol–water partition coefficient (Wildman–Crippen LogP) is 3.40. The fraction of sp³-hybridized carbons (Fsp3) is 0.129. The van der Waals surface area contributed by atoms with Crippen LogP contribution in [-0.4, -0.2) is 45.9 Å². The summed E-state index contributed by atoms with van der Waals surface area (Å²) in [6.45, 7) is 7.37. The highest BCUT2D eigenvalue weighted by Gasteiger charge is 2.19. The van der Waals surface area contributed by atoms with Gasteiger partial charge in [-0.2, -0.15) is 0 Å². The van der Waals surface area contributed by atoms with E-state index >= 15 is 0 Å². The molecule has 0 bridgehead atoms. The van der Waals surface area contributed by atoms with E-state index in [-0.39, 0.29) is 11.6 Å². The summed E-state index contributed by atoms with van der Waals surface area (Å²) in [5.41, 5.74) is 16.7. The number of primary amides is 2. The van der Waals surface area contributed by atoms with E-state index in [1.54, 1.807) is 46.7 Å². The number of amides is 2. The van der Waals surface area contributed by atoms with Crippen molar-refractivity contribution in [3.05, 3.63) is 112 Å². The second kappa shape index (κ2) is 12.8. The molecule has 0 fully saturated rings. The van der Waals surface area contributed by atoms with Gasteiger partial charge >= 0.3 is 0 Å². The fourth-order valence-corrected chi connectivity index (χ4v) is 4.17. The molecule has 5 heterocycles. The van der Waals surface area contributed by atoms with E-state index in [1.165, 1.54) is 0 Å². The number of aromatic nitrogens is 7. The van der Waals surface area contributed by atoms with Gasteiger partial charge in [-0.1, -0.05) is 17.7 Å². The van der Waals surface area contributed by atoms with E-state index in [9.17, 15) is 9.59 Å². The Balaban J connectivity index is 0.000000208. The lowest BCUT2D eigenvalue weighted by Crippen LogP contribution is -2.18. The summed E-state index contributed by atoms with van der Waals surface area (Å²) in [7, 11) is 0. The molecule has 214 valence electrons. The lowest BCUT2D eigenvalue weighted by Gasteiger charge is -2.07. The SMILES string of the molecule is C#Cc1nc(C(N)=O)n(-c2ccc(C)nc2)c1C.Cc1ccc(-n2c(C(N)=O)nc(C#Cc3cccc(Cl)n3)c2C)cn1. The number of halogens is 1. The van der Waals surface area contributed by atoms with Gasteiger partial charge in [-0.25, -0.2) is 15.0 Å². The van der Waals surface area contributed by atoms with Gasteiger partial charge in [-0.3, -0.25) is 28.7 Å². The third-order valence-corrected chi connectivity index (χ3v) is 6.34. The number of carbonyl (C=O) groups excluding carboxylic acids is 2. The van der Waals surface area contributed by atoms with Gasteiger partial charge in [0.25, 0.3) is 11.8 Å². The number of carbonyl (C=O) groups is 2. The first kappa shape index (κ1) is 30.2. The van der Waals surface area contributed by atoms with Crippen LogP contribution in [0.25, 0.3) is 11.4 Å². The van der Waals surface area contributed by atoms with E-state index in [4.69, 9.17) is 29.5 Å². The molecule has 0 spiro atoms. The van der Waals surface area contributed by atoms with Gasteiger partial charge in [-0.15, -0.1) is 6.42 Å². The number of aryl methyl sites for hydroxylation is 2. The molecule has 2 amide bonds. The first-order chi connectivity index (χ1) is 20.5. The molecule has 0 saturated carbocycles. The summed E-state index contributed by atoms with van der Waals surface area (Å²) in [4.78, 5) is 44.0. The maximum Gasteiger partial charge on any atom is 0.285 e. The summed E-state index contributed by atoms with van der Waals surface area (Å²) in [5.74, 6) is 7.20. The molecule has 0 aliphatic rings. The molecule has 0 aromatic carbocycles. The summed E-state index contributed by atoms with van der Waals surface area (Å²) >= 11 is 5.85. The van der Waals surface area contributed by atoms with Crippen molar-refractivity contribution in [2.45, 2.75) is 27.7 Å². The minimum atomic E-state index is -0.641. The number of hydrogen-bond donors (Lipinski definition) is 2. The van der Waals surface area contributed by atoms with E-state index in [0.29, 0.717) is 45.0 Å². The van der Waals surface area contributed by atoms with Crippen LogP contribution in [0.5, 0.6) is 0 Å². The maximum absolute atomic E-state index is 11.8. The van der Waals surface area contributed by atoms with Crippen molar-refractivity contribution in [3.8, 4) is 35.6 Å². The van der Waals surface area contributed by atoms with Crippen LogP contribution in [0, 0.1) is 51.9 Å². The second-order valence-corrected chi connectivity index (χ2v) is 9.58. The lowest BCUT2D eigenvalue weighted by molar-refractivity contribution is 0.0980. The highest BCUT2D eigenvalue weighted by Crippen LogP contribution is 2.19. The van der Waals surface area contributed by atoms with Crippen molar-refractivity contribution in [2.24, 2.45) is 11.5 Å². The Morgan fingerprint density at radius 3 is 1.70 bits per heavy atom. The monoisotopic (exact) mass is 591 g/mol. The summed E-state index contributed by atoms with van der Waals surface area (Å²) in [6.07, 6.45) is 8.65. The van der Waals surface area contributed by atoms with Crippen LogP contribution in [0.3, 0.4) is 0 Å². The van der Waals surface area contributed by atoms with Gasteiger partial charge < -0.3 is 11.5 Å². The van der Waals surface area contributed by atoms with Crippen molar-refractivity contribution in [3.63, 3.8) is 0 Å². The Bertz CT molecular complexity index is 1940. The largest absolute Gasteiger partial charge is 0.363 e.